The number of H-pyrrole nitrogens is 1. The van der Waals surface area contributed by atoms with E-state index in [4.69, 9.17) is 0 Å². The molecular formula is C18H21N3O. The van der Waals surface area contributed by atoms with Crippen LogP contribution in [0.1, 0.15) is 43.5 Å². The van der Waals surface area contributed by atoms with Crippen LogP contribution in [0.15, 0.2) is 36.5 Å². The Labute approximate surface area is 130 Å². The molecule has 0 fully saturated rings. The van der Waals surface area contributed by atoms with E-state index in [0.29, 0.717) is 12.3 Å². The maximum atomic E-state index is 12.1. The first-order valence-corrected chi connectivity index (χ1v) is 7.74. The normalized spacial score (nSPS) is 20.1. The van der Waals surface area contributed by atoms with Gasteiger partial charge in [-0.1, -0.05) is 30.7 Å². The third-order valence-electron chi connectivity index (χ3n) is 4.00. The van der Waals surface area contributed by atoms with E-state index in [1.54, 1.807) is 0 Å². The average molecular weight is 295 g/mol. The number of carbonyl (C=O) groups excluding carboxylic acids is 1. The molecule has 4 nitrogen and oxygen atoms in total. The minimum Gasteiger partial charge on any atom is -0.342 e. The Morgan fingerprint density at radius 2 is 2.14 bits per heavy atom. The van der Waals surface area contributed by atoms with Crippen molar-refractivity contribution in [2.24, 2.45) is 0 Å². The van der Waals surface area contributed by atoms with E-state index in [2.05, 4.69) is 40.4 Å². The van der Waals surface area contributed by atoms with E-state index in [-0.39, 0.29) is 5.91 Å². The molecular weight excluding hydrogens is 274 g/mol. The van der Waals surface area contributed by atoms with Crippen LogP contribution < -0.4 is 5.32 Å². The van der Waals surface area contributed by atoms with Crippen LogP contribution >= 0.6 is 0 Å². The van der Waals surface area contributed by atoms with E-state index < -0.39 is 0 Å². The van der Waals surface area contributed by atoms with E-state index in [0.717, 1.165) is 41.2 Å². The van der Waals surface area contributed by atoms with Gasteiger partial charge in [0, 0.05) is 17.9 Å². The molecule has 1 amide bonds. The molecule has 3 rings (SSSR count). The molecule has 2 bridgehead atoms. The highest BCUT2D eigenvalue weighted by molar-refractivity contribution is 5.95. The fourth-order valence-corrected chi connectivity index (χ4v) is 2.67. The van der Waals surface area contributed by atoms with Crippen molar-refractivity contribution in [1.82, 2.24) is 9.97 Å². The number of carbonyl (C=O) groups is 1. The van der Waals surface area contributed by atoms with Crippen LogP contribution in [0.25, 0.3) is 11.3 Å². The number of amides is 1. The Morgan fingerprint density at radius 1 is 1.27 bits per heavy atom. The molecule has 0 saturated heterocycles. The van der Waals surface area contributed by atoms with Gasteiger partial charge < -0.3 is 10.3 Å². The molecule has 0 saturated carbocycles. The third-order valence-corrected chi connectivity index (χ3v) is 4.00. The van der Waals surface area contributed by atoms with Crippen LogP contribution in [0, 0.1) is 6.92 Å². The molecule has 1 aromatic heterocycles. The lowest BCUT2D eigenvalue weighted by molar-refractivity contribution is -0.116. The molecule has 2 heterocycles. The average Bonchev–Trinajstić information content (AvgIpc) is 2.97. The smallest absolute Gasteiger partial charge is 0.224 e. The fraction of sp³-hybridized carbons (Fsp3) is 0.333. The summed E-state index contributed by atoms with van der Waals surface area (Å²) < 4.78 is 0. The predicted octanol–water partition coefficient (Wildman–Crippen LogP) is 4.17. The Hall–Kier alpha value is -2.36. The van der Waals surface area contributed by atoms with Gasteiger partial charge >= 0.3 is 0 Å². The van der Waals surface area contributed by atoms with Crippen LogP contribution in [0.4, 0.5) is 5.69 Å². The number of benzene rings is 1. The van der Waals surface area contributed by atoms with Gasteiger partial charge in [0.05, 0.1) is 17.6 Å². The van der Waals surface area contributed by atoms with Gasteiger partial charge in [0.1, 0.15) is 5.82 Å². The van der Waals surface area contributed by atoms with E-state index in [1.165, 1.54) is 0 Å². The van der Waals surface area contributed by atoms with Crippen molar-refractivity contribution in [2.45, 2.75) is 39.0 Å². The molecule has 22 heavy (non-hydrogen) atoms. The summed E-state index contributed by atoms with van der Waals surface area (Å²) in [4.78, 5) is 20.0. The lowest BCUT2D eigenvalue weighted by Crippen LogP contribution is -2.11. The molecule has 1 aliphatic rings. The number of hydrogen-bond donors (Lipinski definition) is 2. The summed E-state index contributed by atoms with van der Waals surface area (Å²) in [6.07, 6.45) is 8.26. The van der Waals surface area contributed by atoms with Crippen molar-refractivity contribution in [3.63, 3.8) is 0 Å². The summed E-state index contributed by atoms with van der Waals surface area (Å²) in [7, 11) is 0. The third kappa shape index (κ3) is 3.11. The van der Waals surface area contributed by atoms with Gasteiger partial charge in [-0.25, -0.2) is 4.98 Å². The molecule has 1 aromatic carbocycles. The highest BCUT2D eigenvalue weighted by Gasteiger charge is 2.14. The summed E-state index contributed by atoms with van der Waals surface area (Å²) in [6, 6.07) is 6.05. The highest BCUT2D eigenvalue weighted by Crippen LogP contribution is 2.30. The maximum absolute atomic E-state index is 12.1. The Morgan fingerprint density at radius 3 is 3.00 bits per heavy atom. The summed E-state index contributed by atoms with van der Waals surface area (Å²) >= 11 is 0. The van der Waals surface area contributed by atoms with Gasteiger partial charge in [-0.2, -0.15) is 0 Å². The van der Waals surface area contributed by atoms with Crippen LogP contribution in [-0.4, -0.2) is 15.9 Å². The standard InChI is InChI=1S/C18H21N3O/c1-12-8-9-15-14(10-12)16-11-19-18(21-16)13(2)6-4-3-5-7-17(22)20-15/h3-4,8-11,13H,5-7H2,1-2H3,(H,19,21)(H,20,22)/b4-3+/t13-/m0/s1. The molecule has 0 radical (unpaired) electrons. The SMILES string of the molecule is Cc1ccc2c(c1)-c1cnc([nH]1)[C@@H](C)C/C=C/CCC(=O)N2. The largest absolute Gasteiger partial charge is 0.342 e. The second kappa shape index (κ2) is 6.18. The minimum absolute atomic E-state index is 0.0433. The van der Waals surface area contributed by atoms with Crippen molar-refractivity contribution in [3.8, 4) is 11.3 Å². The summed E-state index contributed by atoms with van der Waals surface area (Å²) in [5, 5.41) is 3.02. The van der Waals surface area contributed by atoms with Gasteiger partial charge in [0.2, 0.25) is 5.91 Å². The van der Waals surface area contributed by atoms with E-state index in [1.807, 2.05) is 25.3 Å². The fourth-order valence-electron chi connectivity index (χ4n) is 2.67. The number of allylic oxidation sites excluding steroid dienone is 2. The Balaban J connectivity index is 2.06. The van der Waals surface area contributed by atoms with E-state index in [9.17, 15) is 4.79 Å². The number of aromatic nitrogens is 2. The molecule has 2 N–H and O–H groups in total. The zero-order chi connectivity index (χ0) is 15.5. The molecule has 4 heteroatoms. The van der Waals surface area contributed by atoms with Crippen molar-refractivity contribution in [2.75, 3.05) is 5.32 Å². The van der Waals surface area contributed by atoms with Crippen molar-refractivity contribution >= 4 is 11.6 Å². The predicted molar refractivity (Wildman–Crippen MR) is 88.8 cm³/mol. The summed E-state index contributed by atoms with van der Waals surface area (Å²) in [5.74, 6) is 1.36. The van der Waals surface area contributed by atoms with E-state index >= 15 is 0 Å². The number of imidazole rings is 1. The molecule has 0 aliphatic carbocycles. The number of rotatable bonds is 0. The second-order valence-electron chi connectivity index (χ2n) is 5.93. The molecule has 114 valence electrons. The van der Waals surface area contributed by atoms with Gasteiger partial charge in [0.15, 0.2) is 0 Å². The van der Waals surface area contributed by atoms with Gasteiger partial charge in [0.25, 0.3) is 0 Å². The number of nitrogens with zero attached hydrogens (tertiary/aromatic N) is 1. The highest BCUT2D eigenvalue weighted by atomic mass is 16.1. The molecule has 2 aromatic rings. The minimum atomic E-state index is 0.0433. The number of nitrogens with one attached hydrogen (secondary N) is 2. The first kappa shape index (κ1) is 14.6. The first-order chi connectivity index (χ1) is 10.6. The van der Waals surface area contributed by atoms with Crippen LogP contribution in [0.5, 0.6) is 0 Å². The molecule has 0 unspecified atom stereocenters. The quantitative estimate of drug-likeness (QED) is 0.717. The summed E-state index contributed by atoms with van der Waals surface area (Å²) in [6.45, 7) is 4.21. The number of fused-ring (bicyclic) bond motifs is 4. The van der Waals surface area contributed by atoms with Crippen LogP contribution in [-0.2, 0) is 4.79 Å². The molecule has 1 aliphatic heterocycles. The summed E-state index contributed by atoms with van der Waals surface area (Å²) in [5.41, 5.74) is 3.93. The topological polar surface area (TPSA) is 57.8 Å². The zero-order valence-electron chi connectivity index (χ0n) is 13.0. The number of aromatic amines is 1. The maximum Gasteiger partial charge on any atom is 0.224 e. The molecule has 0 spiro atoms. The second-order valence-corrected chi connectivity index (χ2v) is 5.93. The monoisotopic (exact) mass is 295 g/mol. The van der Waals surface area contributed by atoms with Gasteiger partial charge in [-0.05, 0) is 31.9 Å². The van der Waals surface area contributed by atoms with Crippen LogP contribution in [0.2, 0.25) is 0 Å². The van der Waals surface area contributed by atoms with Crippen molar-refractivity contribution in [1.29, 1.82) is 0 Å². The lowest BCUT2D eigenvalue weighted by atomic mass is 10.1. The van der Waals surface area contributed by atoms with Gasteiger partial charge in [-0.15, -0.1) is 0 Å². The number of aryl methyl sites for hydroxylation is 1. The van der Waals surface area contributed by atoms with Gasteiger partial charge in [-0.3, -0.25) is 4.79 Å². The molecule has 1 atom stereocenters. The zero-order valence-corrected chi connectivity index (χ0v) is 13.0. The van der Waals surface area contributed by atoms with Crippen molar-refractivity contribution < 1.29 is 4.79 Å². The van der Waals surface area contributed by atoms with Crippen LogP contribution in [0.3, 0.4) is 0 Å². The first-order valence-electron chi connectivity index (χ1n) is 7.74. The number of anilines is 1. The Bertz CT molecular complexity index is 715. The Kier molecular flexibility index (Phi) is 4.09. The number of hydrogen-bond acceptors (Lipinski definition) is 2. The van der Waals surface area contributed by atoms with Crippen molar-refractivity contribution in [3.05, 3.63) is 47.9 Å². The lowest BCUT2D eigenvalue weighted by Gasteiger charge is -2.11.